The van der Waals surface area contributed by atoms with Crippen LogP contribution in [0.4, 0.5) is 18.0 Å². The molecule has 0 saturated carbocycles. The van der Waals surface area contributed by atoms with Crippen LogP contribution in [-0.4, -0.2) is 55.4 Å². The van der Waals surface area contributed by atoms with Gasteiger partial charge in [0, 0.05) is 13.1 Å². The summed E-state index contributed by atoms with van der Waals surface area (Å²) in [5.41, 5.74) is -0.948. The Balaban J connectivity index is 1.77. The molecule has 7 nitrogen and oxygen atoms in total. The number of imide groups is 1. The summed E-state index contributed by atoms with van der Waals surface area (Å²) in [5.74, 6) is -0.538. The highest BCUT2D eigenvalue weighted by molar-refractivity contribution is 7.89. The van der Waals surface area contributed by atoms with Crippen LogP contribution in [0, 0.1) is 0 Å². The molecule has 136 valence electrons. The number of cyclic esters (lactones) is 1. The third kappa shape index (κ3) is 3.21. The Morgan fingerprint density at radius 2 is 1.76 bits per heavy atom. The molecule has 1 aromatic carbocycles. The molecule has 3 rings (SSSR count). The first-order valence-electron chi connectivity index (χ1n) is 7.27. The molecule has 2 fully saturated rings. The molecule has 2 heterocycles. The summed E-state index contributed by atoms with van der Waals surface area (Å²) in [5, 5.41) is 0. The van der Waals surface area contributed by atoms with Crippen molar-refractivity contribution in [3.8, 4) is 0 Å². The molecule has 1 aromatic rings. The monoisotopic (exact) mass is 378 g/mol. The number of carbonyl (C=O) groups excluding carboxylic acids is 2. The number of benzene rings is 1. The van der Waals surface area contributed by atoms with E-state index in [0.29, 0.717) is 12.1 Å². The SMILES string of the molecule is O=C1COC(=O)N1[C@H]1CCN(S(=O)(=O)c2ccc(C(F)(F)F)cc2)C1. The maximum atomic E-state index is 12.6. The lowest BCUT2D eigenvalue weighted by Gasteiger charge is -2.20. The lowest BCUT2D eigenvalue weighted by atomic mass is 10.2. The van der Waals surface area contributed by atoms with Crippen LogP contribution < -0.4 is 0 Å². The Hall–Kier alpha value is -2.14. The highest BCUT2D eigenvalue weighted by Crippen LogP contribution is 2.31. The summed E-state index contributed by atoms with van der Waals surface area (Å²) >= 11 is 0. The van der Waals surface area contributed by atoms with Crippen molar-refractivity contribution < 1.29 is 35.9 Å². The number of amides is 2. The molecule has 2 aliphatic rings. The fourth-order valence-corrected chi connectivity index (χ4v) is 4.31. The Bertz CT molecular complexity index is 791. The smallest absolute Gasteiger partial charge is 0.417 e. The second kappa shape index (κ2) is 5.99. The maximum Gasteiger partial charge on any atom is 0.417 e. The van der Waals surface area contributed by atoms with Gasteiger partial charge in [-0.15, -0.1) is 0 Å². The van der Waals surface area contributed by atoms with Crippen LogP contribution in [0.5, 0.6) is 0 Å². The van der Waals surface area contributed by atoms with Crippen molar-refractivity contribution in [3.63, 3.8) is 0 Å². The molecule has 1 atom stereocenters. The average Bonchev–Trinajstić information content (AvgIpc) is 3.14. The third-order valence-electron chi connectivity index (χ3n) is 4.10. The molecule has 0 unspecified atom stereocenters. The Labute approximate surface area is 141 Å². The summed E-state index contributed by atoms with van der Waals surface area (Å²) < 4.78 is 68.5. The van der Waals surface area contributed by atoms with Gasteiger partial charge in [-0.25, -0.2) is 18.1 Å². The molecule has 0 N–H and O–H groups in total. The van der Waals surface area contributed by atoms with Gasteiger partial charge in [-0.1, -0.05) is 0 Å². The minimum absolute atomic E-state index is 0.0467. The van der Waals surface area contributed by atoms with E-state index in [1.54, 1.807) is 0 Å². The molecular weight excluding hydrogens is 365 g/mol. The van der Waals surface area contributed by atoms with Gasteiger partial charge in [-0.3, -0.25) is 4.79 Å². The van der Waals surface area contributed by atoms with Crippen LogP contribution in [0.2, 0.25) is 0 Å². The largest absolute Gasteiger partial charge is 0.439 e. The zero-order chi connectivity index (χ0) is 18.4. The van der Waals surface area contributed by atoms with Crippen molar-refractivity contribution in [1.29, 1.82) is 0 Å². The fraction of sp³-hybridized carbons (Fsp3) is 0.429. The predicted octanol–water partition coefficient (Wildman–Crippen LogP) is 1.45. The van der Waals surface area contributed by atoms with Crippen molar-refractivity contribution in [3.05, 3.63) is 29.8 Å². The number of ether oxygens (including phenoxy) is 1. The summed E-state index contributed by atoms with van der Waals surface area (Å²) in [6.07, 6.45) is -5.14. The second-order valence-electron chi connectivity index (χ2n) is 5.65. The van der Waals surface area contributed by atoms with Crippen LogP contribution in [0.1, 0.15) is 12.0 Å². The highest BCUT2D eigenvalue weighted by Gasteiger charge is 2.43. The number of halogens is 3. The first kappa shape index (κ1) is 17.7. The highest BCUT2D eigenvalue weighted by atomic mass is 32.2. The molecule has 0 radical (unpaired) electrons. The number of sulfonamides is 1. The number of hydrogen-bond donors (Lipinski definition) is 0. The van der Waals surface area contributed by atoms with E-state index in [2.05, 4.69) is 4.74 Å². The molecular formula is C14H13F3N2O5S. The predicted molar refractivity (Wildman–Crippen MR) is 76.8 cm³/mol. The third-order valence-corrected chi connectivity index (χ3v) is 5.97. The van der Waals surface area contributed by atoms with Gasteiger partial charge in [-0.05, 0) is 30.7 Å². The van der Waals surface area contributed by atoms with Crippen molar-refractivity contribution in [1.82, 2.24) is 9.21 Å². The van der Waals surface area contributed by atoms with Gasteiger partial charge in [0.25, 0.3) is 5.91 Å². The Morgan fingerprint density at radius 1 is 1.12 bits per heavy atom. The van der Waals surface area contributed by atoms with E-state index in [-0.39, 0.29) is 31.0 Å². The van der Waals surface area contributed by atoms with E-state index in [1.807, 2.05) is 0 Å². The van der Waals surface area contributed by atoms with Crippen molar-refractivity contribution in [2.75, 3.05) is 19.7 Å². The standard InChI is InChI=1S/C14H13F3N2O5S/c15-14(16,17)9-1-3-11(4-2-9)25(22,23)18-6-5-10(7-18)19-12(20)8-24-13(19)21/h1-4,10H,5-8H2/t10-/m0/s1. The molecule has 25 heavy (non-hydrogen) atoms. The minimum Gasteiger partial charge on any atom is -0.439 e. The lowest BCUT2D eigenvalue weighted by Crippen LogP contribution is -2.42. The van der Waals surface area contributed by atoms with E-state index in [4.69, 9.17) is 0 Å². The minimum atomic E-state index is -4.56. The lowest BCUT2D eigenvalue weighted by molar-refractivity contribution is -0.137. The summed E-state index contributed by atoms with van der Waals surface area (Å²) in [6, 6.07) is 2.53. The van der Waals surface area contributed by atoms with Gasteiger partial charge in [-0.2, -0.15) is 17.5 Å². The summed E-state index contributed by atoms with van der Waals surface area (Å²) in [7, 11) is -4.02. The second-order valence-corrected chi connectivity index (χ2v) is 7.58. The Morgan fingerprint density at radius 3 is 2.28 bits per heavy atom. The van der Waals surface area contributed by atoms with Gasteiger partial charge in [0.15, 0.2) is 6.61 Å². The van der Waals surface area contributed by atoms with Gasteiger partial charge in [0.1, 0.15) is 0 Å². The van der Waals surface area contributed by atoms with E-state index >= 15 is 0 Å². The van der Waals surface area contributed by atoms with E-state index in [1.165, 1.54) is 0 Å². The van der Waals surface area contributed by atoms with E-state index < -0.39 is 39.8 Å². The molecule has 0 bridgehead atoms. The van der Waals surface area contributed by atoms with Crippen LogP contribution in [0.25, 0.3) is 0 Å². The van der Waals surface area contributed by atoms with Crippen molar-refractivity contribution >= 4 is 22.0 Å². The zero-order valence-electron chi connectivity index (χ0n) is 12.7. The molecule has 2 amide bonds. The topological polar surface area (TPSA) is 84.0 Å². The molecule has 2 saturated heterocycles. The molecule has 11 heteroatoms. The molecule has 0 aliphatic carbocycles. The van der Waals surface area contributed by atoms with E-state index in [9.17, 15) is 31.2 Å². The average molecular weight is 378 g/mol. The summed E-state index contributed by atoms with van der Waals surface area (Å²) in [4.78, 5) is 23.8. The van der Waals surface area contributed by atoms with Crippen LogP contribution in [0.15, 0.2) is 29.2 Å². The van der Waals surface area contributed by atoms with Crippen molar-refractivity contribution in [2.45, 2.75) is 23.5 Å². The van der Waals surface area contributed by atoms with Crippen LogP contribution >= 0.6 is 0 Å². The van der Waals surface area contributed by atoms with Gasteiger partial charge in [0.2, 0.25) is 10.0 Å². The number of alkyl halides is 3. The molecule has 0 aromatic heterocycles. The van der Waals surface area contributed by atoms with Crippen molar-refractivity contribution in [2.24, 2.45) is 0 Å². The zero-order valence-corrected chi connectivity index (χ0v) is 13.5. The number of rotatable bonds is 3. The maximum absolute atomic E-state index is 12.6. The quantitative estimate of drug-likeness (QED) is 0.795. The summed E-state index contributed by atoms with van der Waals surface area (Å²) in [6.45, 7) is -0.448. The molecule has 0 spiro atoms. The fourth-order valence-electron chi connectivity index (χ4n) is 2.82. The van der Waals surface area contributed by atoms with Crippen LogP contribution in [-0.2, 0) is 25.7 Å². The van der Waals surface area contributed by atoms with E-state index in [0.717, 1.165) is 21.3 Å². The van der Waals surface area contributed by atoms with Gasteiger partial charge in [0.05, 0.1) is 16.5 Å². The van der Waals surface area contributed by atoms with Gasteiger partial charge >= 0.3 is 12.3 Å². The normalized spacial score (nSPS) is 22.5. The first-order chi connectivity index (χ1) is 11.6. The first-order valence-corrected chi connectivity index (χ1v) is 8.71. The number of carbonyl (C=O) groups is 2. The number of hydrogen-bond acceptors (Lipinski definition) is 5. The Kier molecular flexibility index (Phi) is 4.23. The van der Waals surface area contributed by atoms with Gasteiger partial charge < -0.3 is 4.74 Å². The van der Waals surface area contributed by atoms with Crippen LogP contribution in [0.3, 0.4) is 0 Å². The molecule has 2 aliphatic heterocycles. The number of nitrogens with zero attached hydrogens (tertiary/aromatic N) is 2.